The molecule has 2 heterocycles. The fraction of sp³-hybridized carbons (Fsp3) is 0.294. The summed E-state index contributed by atoms with van der Waals surface area (Å²) in [6.07, 6.45) is 2.32. The molecule has 0 spiro atoms. The molecule has 120 valence electrons. The number of carbonyl (C=O) groups is 1. The lowest BCUT2D eigenvalue weighted by Crippen LogP contribution is -2.41. The van der Waals surface area contributed by atoms with Gasteiger partial charge in [-0.15, -0.1) is 0 Å². The maximum atomic E-state index is 10.9. The third-order valence-corrected chi connectivity index (χ3v) is 4.14. The van der Waals surface area contributed by atoms with Crippen molar-refractivity contribution in [3.63, 3.8) is 0 Å². The van der Waals surface area contributed by atoms with Crippen LogP contribution in [0.15, 0.2) is 42.6 Å². The first-order valence-corrected chi connectivity index (χ1v) is 7.86. The molecule has 3 rings (SSSR count). The van der Waals surface area contributed by atoms with Gasteiger partial charge in [0, 0.05) is 32.1 Å². The van der Waals surface area contributed by atoms with Crippen molar-refractivity contribution in [2.75, 3.05) is 13.1 Å². The summed E-state index contributed by atoms with van der Waals surface area (Å²) in [6, 6.07) is 11.5. The van der Waals surface area contributed by atoms with Gasteiger partial charge in [-0.05, 0) is 35.4 Å². The first-order valence-electron chi connectivity index (χ1n) is 7.48. The lowest BCUT2D eigenvalue weighted by atomic mass is 10.1. The highest BCUT2D eigenvalue weighted by molar-refractivity contribution is 6.29. The van der Waals surface area contributed by atoms with Crippen LogP contribution in [0.3, 0.4) is 0 Å². The number of carboxylic acid groups (broad SMARTS) is 1. The Morgan fingerprint density at radius 2 is 1.87 bits per heavy atom. The fourth-order valence-corrected chi connectivity index (χ4v) is 2.84. The van der Waals surface area contributed by atoms with Crippen LogP contribution in [0.25, 0.3) is 11.1 Å². The number of amides is 1. The zero-order valence-corrected chi connectivity index (χ0v) is 13.2. The molecule has 1 N–H and O–H groups in total. The largest absolute Gasteiger partial charge is 0.490 e. The zero-order valence-electron chi connectivity index (χ0n) is 12.5. The van der Waals surface area contributed by atoms with E-state index < -0.39 is 6.09 Å². The Kier molecular flexibility index (Phi) is 4.67. The second kappa shape index (κ2) is 6.87. The fourth-order valence-electron chi connectivity index (χ4n) is 2.67. The minimum absolute atomic E-state index is 0.0619. The molecule has 0 unspecified atom stereocenters. The summed E-state index contributed by atoms with van der Waals surface area (Å²) in [6.45, 7) is 1.04. The number of likely N-dealkylation sites (tertiary alicyclic amines) is 1. The molecule has 1 aliphatic rings. The Balaban J connectivity index is 1.61. The highest BCUT2D eigenvalue weighted by Crippen LogP contribution is 2.25. The summed E-state index contributed by atoms with van der Waals surface area (Å²) in [5.41, 5.74) is 2.05. The third kappa shape index (κ3) is 3.93. The summed E-state index contributed by atoms with van der Waals surface area (Å²) in [4.78, 5) is 16.3. The molecule has 2 aromatic rings. The molecular formula is C17H17ClN2O3. The van der Waals surface area contributed by atoms with E-state index in [4.69, 9.17) is 21.4 Å². The van der Waals surface area contributed by atoms with Crippen LogP contribution < -0.4 is 4.74 Å². The van der Waals surface area contributed by atoms with E-state index in [9.17, 15) is 4.79 Å². The van der Waals surface area contributed by atoms with E-state index in [1.54, 1.807) is 6.20 Å². The van der Waals surface area contributed by atoms with Crippen molar-refractivity contribution >= 4 is 17.7 Å². The molecule has 1 aliphatic heterocycles. The number of aromatic nitrogens is 1. The van der Waals surface area contributed by atoms with E-state index >= 15 is 0 Å². The molecule has 0 aliphatic carbocycles. The van der Waals surface area contributed by atoms with Gasteiger partial charge >= 0.3 is 6.09 Å². The first kappa shape index (κ1) is 15.6. The Labute approximate surface area is 139 Å². The minimum Gasteiger partial charge on any atom is -0.490 e. The molecule has 6 heteroatoms. The Morgan fingerprint density at radius 1 is 1.17 bits per heavy atom. The van der Waals surface area contributed by atoms with Crippen LogP contribution in [0.2, 0.25) is 5.15 Å². The van der Waals surface area contributed by atoms with Gasteiger partial charge in [-0.25, -0.2) is 9.78 Å². The van der Waals surface area contributed by atoms with Crippen molar-refractivity contribution in [3.05, 3.63) is 47.7 Å². The monoisotopic (exact) mass is 332 g/mol. The van der Waals surface area contributed by atoms with Gasteiger partial charge in [0.1, 0.15) is 17.0 Å². The average Bonchev–Trinajstić information content (AvgIpc) is 2.56. The van der Waals surface area contributed by atoms with E-state index in [0.29, 0.717) is 31.1 Å². The molecule has 23 heavy (non-hydrogen) atoms. The van der Waals surface area contributed by atoms with Crippen LogP contribution in [0, 0.1) is 0 Å². The van der Waals surface area contributed by atoms with E-state index in [1.807, 2.05) is 36.4 Å². The third-order valence-electron chi connectivity index (χ3n) is 3.93. The number of benzene rings is 1. The Morgan fingerprint density at radius 3 is 2.48 bits per heavy atom. The summed E-state index contributed by atoms with van der Waals surface area (Å²) in [7, 11) is 0. The van der Waals surface area contributed by atoms with E-state index in [0.717, 1.165) is 16.9 Å². The Hall–Kier alpha value is -2.27. The van der Waals surface area contributed by atoms with Gasteiger partial charge in [-0.2, -0.15) is 0 Å². The van der Waals surface area contributed by atoms with Gasteiger partial charge in [-0.3, -0.25) is 0 Å². The second-order valence-electron chi connectivity index (χ2n) is 5.48. The molecule has 0 atom stereocenters. The molecule has 1 saturated heterocycles. The number of hydrogen-bond acceptors (Lipinski definition) is 3. The second-order valence-corrected chi connectivity index (χ2v) is 5.87. The number of nitrogens with zero attached hydrogens (tertiary/aromatic N) is 2. The van der Waals surface area contributed by atoms with Crippen LogP contribution in [0.5, 0.6) is 5.75 Å². The molecule has 0 saturated carbocycles. The van der Waals surface area contributed by atoms with Crippen LogP contribution in [0.4, 0.5) is 4.79 Å². The predicted molar refractivity (Wildman–Crippen MR) is 87.9 cm³/mol. The minimum atomic E-state index is -0.858. The Bertz CT molecular complexity index is 682. The topological polar surface area (TPSA) is 62.7 Å². The molecule has 1 aromatic carbocycles. The highest BCUT2D eigenvalue weighted by Gasteiger charge is 2.23. The van der Waals surface area contributed by atoms with E-state index in [2.05, 4.69) is 4.98 Å². The van der Waals surface area contributed by atoms with Gasteiger partial charge in [0.25, 0.3) is 0 Å². The molecule has 0 radical (unpaired) electrons. The maximum Gasteiger partial charge on any atom is 0.407 e. The molecule has 1 aromatic heterocycles. The predicted octanol–water partition coefficient (Wildman–Crippen LogP) is 3.92. The van der Waals surface area contributed by atoms with Crippen LogP contribution in [-0.4, -0.2) is 40.3 Å². The number of ether oxygens (including phenoxy) is 1. The number of pyridine rings is 1. The molecule has 1 fully saturated rings. The molecular weight excluding hydrogens is 316 g/mol. The van der Waals surface area contributed by atoms with Crippen LogP contribution in [-0.2, 0) is 0 Å². The van der Waals surface area contributed by atoms with Gasteiger partial charge in [0.05, 0.1) is 0 Å². The molecule has 1 amide bonds. The number of rotatable bonds is 3. The van der Waals surface area contributed by atoms with Crippen LogP contribution >= 0.6 is 11.6 Å². The van der Waals surface area contributed by atoms with Crippen molar-refractivity contribution < 1.29 is 14.6 Å². The van der Waals surface area contributed by atoms with Gasteiger partial charge in [-0.1, -0.05) is 23.7 Å². The zero-order chi connectivity index (χ0) is 16.2. The summed E-state index contributed by atoms with van der Waals surface area (Å²) < 4.78 is 5.94. The lowest BCUT2D eigenvalue weighted by Gasteiger charge is -2.30. The van der Waals surface area contributed by atoms with Crippen LogP contribution in [0.1, 0.15) is 12.8 Å². The van der Waals surface area contributed by atoms with Crippen molar-refractivity contribution in [1.82, 2.24) is 9.88 Å². The van der Waals surface area contributed by atoms with Gasteiger partial charge in [0.15, 0.2) is 0 Å². The van der Waals surface area contributed by atoms with Gasteiger partial charge in [0.2, 0.25) is 0 Å². The lowest BCUT2D eigenvalue weighted by molar-refractivity contribution is 0.0895. The maximum absolute atomic E-state index is 10.9. The standard InChI is InChI=1S/C17H17ClN2O3/c18-16-11-13(5-8-19-16)12-1-3-14(4-2-12)23-15-6-9-20(10-7-15)17(21)22/h1-5,8,11,15H,6-7,9-10H2,(H,21,22). The van der Waals surface area contributed by atoms with Crippen molar-refractivity contribution in [2.24, 2.45) is 0 Å². The quantitative estimate of drug-likeness (QED) is 0.865. The first-order chi connectivity index (χ1) is 11.1. The molecule has 0 bridgehead atoms. The van der Waals surface area contributed by atoms with Crippen molar-refractivity contribution in [1.29, 1.82) is 0 Å². The smallest absolute Gasteiger partial charge is 0.407 e. The van der Waals surface area contributed by atoms with Crippen molar-refractivity contribution in [3.8, 4) is 16.9 Å². The normalized spacial score (nSPS) is 15.4. The average molecular weight is 333 g/mol. The SMILES string of the molecule is O=C(O)N1CCC(Oc2ccc(-c3ccnc(Cl)c3)cc2)CC1. The summed E-state index contributed by atoms with van der Waals surface area (Å²) in [5.74, 6) is 0.794. The van der Waals surface area contributed by atoms with Gasteiger partial charge < -0.3 is 14.7 Å². The number of hydrogen-bond donors (Lipinski definition) is 1. The number of piperidine rings is 1. The summed E-state index contributed by atoms with van der Waals surface area (Å²) >= 11 is 5.91. The summed E-state index contributed by atoms with van der Waals surface area (Å²) in [5, 5.41) is 9.41. The van der Waals surface area contributed by atoms with E-state index in [1.165, 1.54) is 4.90 Å². The van der Waals surface area contributed by atoms with Crippen molar-refractivity contribution in [2.45, 2.75) is 18.9 Å². The van der Waals surface area contributed by atoms with E-state index in [-0.39, 0.29) is 6.10 Å². The number of halogens is 1. The molecule has 5 nitrogen and oxygen atoms in total. The highest BCUT2D eigenvalue weighted by atomic mass is 35.5.